The Morgan fingerprint density at radius 3 is 2.53 bits per heavy atom. The summed E-state index contributed by atoms with van der Waals surface area (Å²) in [6, 6.07) is 13.9. The molecule has 0 atom stereocenters. The summed E-state index contributed by atoms with van der Waals surface area (Å²) < 4.78 is 5.29. The van der Waals surface area contributed by atoms with Gasteiger partial charge in [-0.05, 0) is 24.3 Å². The van der Waals surface area contributed by atoms with Crippen LogP contribution in [0.15, 0.2) is 54.7 Å². The van der Waals surface area contributed by atoms with Crippen molar-refractivity contribution in [3.63, 3.8) is 0 Å². The minimum atomic E-state index is -0.454. The summed E-state index contributed by atoms with van der Waals surface area (Å²) >= 11 is 0. The molecule has 1 aliphatic rings. The number of anilines is 1. The zero-order valence-corrected chi connectivity index (χ0v) is 16.4. The second-order valence-corrected chi connectivity index (χ2v) is 6.94. The van der Waals surface area contributed by atoms with Gasteiger partial charge < -0.3 is 14.5 Å². The maximum atomic E-state index is 13.1. The van der Waals surface area contributed by atoms with Crippen LogP contribution < -0.4 is 9.64 Å². The molecule has 3 aromatic rings. The van der Waals surface area contributed by atoms with Crippen LogP contribution in [0.2, 0.25) is 0 Å². The molecule has 9 heteroatoms. The Labute approximate surface area is 173 Å². The SMILES string of the molecule is COc1cccc(N2CCN(C(=O)c3cn[nH]c3-c3ccc([N+](=O)[O-])cc3)CC2)c1. The summed E-state index contributed by atoms with van der Waals surface area (Å²) in [5, 5.41) is 17.7. The highest BCUT2D eigenvalue weighted by Crippen LogP contribution is 2.26. The Morgan fingerprint density at radius 1 is 1.13 bits per heavy atom. The largest absolute Gasteiger partial charge is 0.497 e. The molecule has 0 saturated carbocycles. The number of hydrogen-bond acceptors (Lipinski definition) is 6. The number of aromatic amines is 1. The summed E-state index contributed by atoms with van der Waals surface area (Å²) in [7, 11) is 1.64. The van der Waals surface area contributed by atoms with Crippen LogP contribution in [0, 0.1) is 10.1 Å². The Balaban J connectivity index is 1.46. The van der Waals surface area contributed by atoms with Gasteiger partial charge in [-0.1, -0.05) is 6.07 Å². The first kappa shape index (κ1) is 19.4. The number of hydrogen-bond donors (Lipinski definition) is 1. The molecule has 1 N–H and O–H groups in total. The van der Waals surface area contributed by atoms with Gasteiger partial charge in [0.1, 0.15) is 5.75 Å². The lowest BCUT2D eigenvalue weighted by molar-refractivity contribution is -0.384. The number of benzene rings is 2. The number of non-ortho nitro benzene ring substituents is 1. The molecule has 1 saturated heterocycles. The van der Waals surface area contributed by atoms with E-state index >= 15 is 0 Å². The van der Waals surface area contributed by atoms with E-state index in [9.17, 15) is 14.9 Å². The molecule has 0 radical (unpaired) electrons. The molecule has 30 heavy (non-hydrogen) atoms. The van der Waals surface area contributed by atoms with E-state index < -0.39 is 4.92 Å². The predicted molar refractivity (Wildman–Crippen MR) is 112 cm³/mol. The van der Waals surface area contributed by atoms with E-state index in [1.807, 2.05) is 24.3 Å². The lowest BCUT2D eigenvalue weighted by atomic mass is 10.1. The van der Waals surface area contributed by atoms with Crippen LogP contribution >= 0.6 is 0 Å². The summed E-state index contributed by atoms with van der Waals surface area (Å²) in [5.74, 6) is 0.694. The number of nitro benzene ring substituents is 1. The van der Waals surface area contributed by atoms with E-state index in [-0.39, 0.29) is 11.6 Å². The fraction of sp³-hybridized carbons (Fsp3) is 0.238. The van der Waals surface area contributed by atoms with Crippen molar-refractivity contribution in [3.8, 4) is 17.0 Å². The van der Waals surface area contributed by atoms with Crippen LogP contribution in [0.1, 0.15) is 10.4 Å². The Morgan fingerprint density at radius 2 is 1.87 bits per heavy atom. The minimum absolute atomic E-state index is 0.000179. The first-order chi connectivity index (χ1) is 14.6. The standard InChI is InChI=1S/C21H21N5O4/c1-30-18-4-2-3-17(13-18)24-9-11-25(12-10-24)21(27)19-14-22-23-20(19)15-5-7-16(8-6-15)26(28)29/h2-8,13-14H,9-12H2,1H3,(H,22,23). The van der Waals surface area contributed by atoms with E-state index in [4.69, 9.17) is 4.74 Å². The van der Waals surface area contributed by atoms with E-state index in [2.05, 4.69) is 15.1 Å². The highest BCUT2D eigenvalue weighted by Gasteiger charge is 2.25. The third-order valence-electron chi connectivity index (χ3n) is 5.22. The lowest BCUT2D eigenvalue weighted by Crippen LogP contribution is -2.48. The van der Waals surface area contributed by atoms with Crippen molar-refractivity contribution >= 4 is 17.3 Å². The van der Waals surface area contributed by atoms with Gasteiger partial charge in [-0.25, -0.2) is 0 Å². The molecule has 1 aliphatic heterocycles. The average molecular weight is 407 g/mol. The van der Waals surface area contributed by atoms with E-state index in [1.165, 1.54) is 18.3 Å². The molecule has 0 spiro atoms. The van der Waals surface area contributed by atoms with Crippen LogP contribution in [-0.4, -0.2) is 59.2 Å². The molecule has 0 bridgehead atoms. The molecule has 0 unspecified atom stereocenters. The number of rotatable bonds is 5. The second-order valence-electron chi connectivity index (χ2n) is 6.94. The number of nitro groups is 1. The normalized spacial score (nSPS) is 13.9. The molecule has 2 heterocycles. The van der Waals surface area contributed by atoms with Gasteiger partial charge in [0.25, 0.3) is 11.6 Å². The number of nitrogens with zero attached hydrogens (tertiary/aromatic N) is 4. The van der Waals surface area contributed by atoms with Crippen molar-refractivity contribution in [2.45, 2.75) is 0 Å². The topological polar surface area (TPSA) is 105 Å². The van der Waals surface area contributed by atoms with Gasteiger partial charge in [0.15, 0.2) is 0 Å². The number of carbonyl (C=O) groups is 1. The number of piperazine rings is 1. The minimum Gasteiger partial charge on any atom is -0.497 e. The van der Waals surface area contributed by atoms with Crippen molar-refractivity contribution in [2.24, 2.45) is 0 Å². The number of aromatic nitrogens is 2. The molecule has 154 valence electrons. The van der Waals surface area contributed by atoms with Gasteiger partial charge in [-0.3, -0.25) is 20.0 Å². The number of amides is 1. The first-order valence-electron chi connectivity index (χ1n) is 9.53. The van der Waals surface area contributed by atoms with Gasteiger partial charge in [0.05, 0.1) is 29.5 Å². The van der Waals surface area contributed by atoms with Crippen LogP contribution in [-0.2, 0) is 0 Å². The molecule has 1 aromatic heterocycles. The third kappa shape index (κ3) is 3.82. The van der Waals surface area contributed by atoms with Gasteiger partial charge >= 0.3 is 0 Å². The van der Waals surface area contributed by atoms with Gasteiger partial charge in [-0.2, -0.15) is 5.10 Å². The van der Waals surface area contributed by atoms with Crippen molar-refractivity contribution in [1.29, 1.82) is 0 Å². The number of H-pyrrole nitrogens is 1. The maximum Gasteiger partial charge on any atom is 0.269 e. The molecule has 9 nitrogen and oxygen atoms in total. The van der Waals surface area contributed by atoms with Crippen LogP contribution in [0.3, 0.4) is 0 Å². The molecular formula is C21H21N5O4. The number of nitrogens with one attached hydrogen (secondary N) is 1. The highest BCUT2D eigenvalue weighted by molar-refractivity contribution is 5.99. The van der Waals surface area contributed by atoms with Crippen LogP contribution in [0.25, 0.3) is 11.3 Å². The number of methoxy groups -OCH3 is 1. The Kier molecular flexibility index (Phi) is 5.34. The maximum absolute atomic E-state index is 13.1. The zero-order chi connectivity index (χ0) is 21.1. The molecular weight excluding hydrogens is 386 g/mol. The number of ether oxygens (including phenoxy) is 1. The van der Waals surface area contributed by atoms with Crippen molar-refractivity contribution in [2.75, 3.05) is 38.2 Å². The monoisotopic (exact) mass is 407 g/mol. The first-order valence-corrected chi connectivity index (χ1v) is 9.53. The van der Waals surface area contributed by atoms with Gasteiger partial charge in [0.2, 0.25) is 0 Å². The molecule has 4 rings (SSSR count). The predicted octanol–water partition coefficient (Wildman–Crippen LogP) is 2.96. The van der Waals surface area contributed by atoms with E-state index in [0.29, 0.717) is 43.0 Å². The molecule has 1 fully saturated rings. The zero-order valence-electron chi connectivity index (χ0n) is 16.4. The summed E-state index contributed by atoms with van der Waals surface area (Å²) in [6.45, 7) is 2.59. The number of carbonyl (C=O) groups excluding carboxylic acids is 1. The fourth-order valence-electron chi connectivity index (χ4n) is 3.56. The lowest BCUT2D eigenvalue weighted by Gasteiger charge is -2.36. The quantitative estimate of drug-likeness (QED) is 0.515. The molecule has 1 amide bonds. The Bertz CT molecular complexity index is 1060. The smallest absolute Gasteiger partial charge is 0.269 e. The second kappa shape index (κ2) is 8.24. The van der Waals surface area contributed by atoms with Crippen LogP contribution in [0.5, 0.6) is 5.75 Å². The van der Waals surface area contributed by atoms with Gasteiger partial charge in [0, 0.05) is 55.6 Å². The molecule has 2 aromatic carbocycles. The van der Waals surface area contributed by atoms with E-state index in [1.54, 1.807) is 24.1 Å². The summed E-state index contributed by atoms with van der Waals surface area (Å²) in [5.41, 5.74) is 2.76. The fourth-order valence-corrected chi connectivity index (χ4v) is 3.56. The highest BCUT2D eigenvalue weighted by atomic mass is 16.6. The average Bonchev–Trinajstić information content (AvgIpc) is 3.29. The van der Waals surface area contributed by atoms with Crippen molar-refractivity contribution in [1.82, 2.24) is 15.1 Å². The van der Waals surface area contributed by atoms with Crippen molar-refractivity contribution < 1.29 is 14.5 Å². The van der Waals surface area contributed by atoms with Gasteiger partial charge in [-0.15, -0.1) is 0 Å². The van der Waals surface area contributed by atoms with Crippen LogP contribution in [0.4, 0.5) is 11.4 Å². The Hall–Kier alpha value is -3.88. The third-order valence-corrected chi connectivity index (χ3v) is 5.22. The summed E-state index contributed by atoms with van der Waals surface area (Å²) in [6.07, 6.45) is 1.51. The van der Waals surface area contributed by atoms with E-state index in [0.717, 1.165) is 11.4 Å². The summed E-state index contributed by atoms with van der Waals surface area (Å²) in [4.78, 5) is 27.5. The van der Waals surface area contributed by atoms with Crippen molar-refractivity contribution in [3.05, 3.63) is 70.4 Å². The molecule has 0 aliphatic carbocycles.